The molecule has 4 rings (SSSR count). The van der Waals surface area contributed by atoms with Gasteiger partial charge in [-0.15, -0.1) is 0 Å². The van der Waals surface area contributed by atoms with Gasteiger partial charge in [-0.25, -0.2) is 9.59 Å². The van der Waals surface area contributed by atoms with Crippen molar-refractivity contribution in [1.29, 1.82) is 0 Å². The Balaban J connectivity index is 0.000000363. The van der Waals surface area contributed by atoms with Crippen molar-refractivity contribution in [3.05, 3.63) is 34.9 Å². The Morgan fingerprint density at radius 3 is 1.29 bits per heavy atom. The summed E-state index contributed by atoms with van der Waals surface area (Å²) < 4.78 is 44.1. The van der Waals surface area contributed by atoms with Crippen LogP contribution in [0.3, 0.4) is 0 Å². The van der Waals surface area contributed by atoms with Crippen molar-refractivity contribution in [2.45, 2.75) is 102 Å². The fourth-order valence-electron chi connectivity index (χ4n) is 4.98. The number of halogens is 4. The third-order valence-electron chi connectivity index (χ3n) is 6.59. The number of hydrogen-bond donors (Lipinski definition) is 0. The minimum Gasteiger partial charge on any atom is -0.418 e. The summed E-state index contributed by atoms with van der Waals surface area (Å²) in [4.78, 5) is 24.7. The first-order valence-corrected chi connectivity index (χ1v) is 15.1. The maximum absolute atomic E-state index is 12.4. The first-order valence-electron chi connectivity index (χ1n) is 12.2. The molecule has 11 heteroatoms. The molecule has 0 aromatic rings. The van der Waals surface area contributed by atoms with Crippen molar-refractivity contribution < 1.29 is 51.1 Å². The third kappa shape index (κ3) is 10.1. The monoisotopic (exact) mass is 624 g/mol. The van der Waals surface area contributed by atoms with Crippen LogP contribution in [-0.2, 0) is 33.8 Å². The molecule has 200 valence electrons. The number of rotatable bonds is 2. The van der Waals surface area contributed by atoms with E-state index in [1.165, 1.54) is 51.4 Å². The molecular weight excluding hydrogens is 588 g/mol. The number of carbonyl (C=O) groups is 2. The average molecular weight is 624 g/mol. The minimum atomic E-state index is -6.00. The Morgan fingerprint density at radius 2 is 1.00 bits per heavy atom. The summed E-state index contributed by atoms with van der Waals surface area (Å²) in [6.07, 6.45) is 18.7. The van der Waals surface area contributed by atoms with Gasteiger partial charge in [-0.1, -0.05) is 67.8 Å². The van der Waals surface area contributed by atoms with E-state index in [0.29, 0.717) is 22.6 Å². The van der Waals surface area contributed by atoms with Crippen molar-refractivity contribution in [3.63, 3.8) is 0 Å². The van der Waals surface area contributed by atoms with Crippen molar-refractivity contribution >= 4 is 35.0 Å². The van der Waals surface area contributed by atoms with Crippen LogP contribution >= 0.6 is 15.8 Å². The standard InChI is InChI=1S/C16H24O3P2.C8H12.BF4.Rh/c1-9-5-6-10(2)20(9)13-14(16(18)19-15(13)17)21-11(3)7-8-12(21)4;1-2-4-6-8-7-5-3-1;2-1(3,4)5;/h9-12H,5-8H2,1-4H3;1-4H,5-8H2;;/q;;-1;+1/b;3-1-,4-2-;;/t9-,10-,11-,12-;;;/m1.../s1. The van der Waals surface area contributed by atoms with Crippen LogP contribution in [0.2, 0.25) is 0 Å². The molecule has 0 unspecified atom stereocenters. The average Bonchev–Trinajstić information content (AvgIpc) is 3.28. The van der Waals surface area contributed by atoms with E-state index in [0.717, 1.165) is 10.6 Å². The molecule has 3 nitrogen and oxygen atoms in total. The largest absolute Gasteiger partial charge is 1.00 e. The van der Waals surface area contributed by atoms with E-state index in [1.807, 2.05) is 0 Å². The van der Waals surface area contributed by atoms with Gasteiger partial charge in [0.15, 0.2) is 0 Å². The molecule has 2 saturated heterocycles. The van der Waals surface area contributed by atoms with Gasteiger partial charge in [0, 0.05) is 0 Å². The van der Waals surface area contributed by atoms with Gasteiger partial charge in [-0.3, -0.25) is 0 Å². The van der Waals surface area contributed by atoms with Crippen molar-refractivity contribution in [2.24, 2.45) is 0 Å². The smallest absolute Gasteiger partial charge is 0.418 e. The maximum atomic E-state index is 12.4. The fourth-order valence-corrected chi connectivity index (χ4v) is 12.1. The Kier molecular flexibility index (Phi) is 14.1. The zero-order chi connectivity index (χ0) is 25.5. The van der Waals surface area contributed by atoms with Gasteiger partial charge in [0.05, 0.1) is 10.6 Å². The zero-order valence-electron chi connectivity index (χ0n) is 20.8. The van der Waals surface area contributed by atoms with Crippen LogP contribution < -0.4 is 0 Å². The van der Waals surface area contributed by atoms with Gasteiger partial charge in [0.2, 0.25) is 0 Å². The molecule has 0 spiro atoms. The van der Waals surface area contributed by atoms with E-state index in [9.17, 15) is 26.9 Å². The van der Waals surface area contributed by atoms with E-state index in [4.69, 9.17) is 4.74 Å². The molecule has 1 aliphatic carbocycles. The van der Waals surface area contributed by atoms with Gasteiger partial charge >= 0.3 is 38.7 Å². The molecule has 35 heavy (non-hydrogen) atoms. The topological polar surface area (TPSA) is 43.4 Å². The number of esters is 2. The summed E-state index contributed by atoms with van der Waals surface area (Å²) in [7, 11) is -7.06. The van der Waals surface area contributed by atoms with Crippen LogP contribution in [0, 0.1) is 0 Å². The second kappa shape index (κ2) is 15.1. The summed E-state index contributed by atoms with van der Waals surface area (Å²) in [5, 5.41) is 1.67. The number of allylic oxidation sites excluding steroid dienone is 4. The molecule has 4 atom stereocenters. The predicted octanol–water partition coefficient (Wildman–Crippen LogP) is 8.36. The quantitative estimate of drug-likeness (QED) is 0.102. The van der Waals surface area contributed by atoms with Crippen LogP contribution in [0.25, 0.3) is 0 Å². The Labute approximate surface area is 222 Å². The van der Waals surface area contributed by atoms with E-state index >= 15 is 0 Å². The first-order chi connectivity index (χ1) is 15.9. The molecule has 3 aliphatic heterocycles. The van der Waals surface area contributed by atoms with E-state index in [2.05, 4.69) is 52.0 Å². The number of ether oxygens (including phenoxy) is 1. The number of cyclic esters (lactones) is 2. The third-order valence-corrected chi connectivity index (χ3v) is 13.4. The second-order valence-corrected chi connectivity index (χ2v) is 15.4. The van der Waals surface area contributed by atoms with Gasteiger partial charge in [0.1, 0.15) is 0 Å². The molecule has 4 aliphatic rings. The molecule has 3 heterocycles. The zero-order valence-corrected chi connectivity index (χ0v) is 24.2. The first kappa shape index (κ1) is 32.7. The summed E-state index contributed by atoms with van der Waals surface area (Å²) in [5.74, 6) is -0.619. The van der Waals surface area contributed by atoms with Crippen LogP contribution in [-0.4, -0.2) is 41.8 Å². The minimum absolute atomic E-state index is 0. The molecule has 2 fully saturated rings. The molecule has 0 saturated carbocycles. The van der Waals surface area contributed by atoms with E-state index in [-0.39, 0.29) is 31.4 Å². The molecule has 0 N–H and O–H groups in total. The van der Waals surface area contributed by atoms with Crippen molar-refractivity contribution in [1.82, 2.24) is 0 Å². The molecule has 0 aromatic carbocycles. The van der Waals surface area contributed by atoms with E-state index < -0.39 is 23.1 Å². The molecule has 0 radical (unpaired) electrons. The Bertz CT molecular complexity index is 735. The molecule has 0 aromatic heterocycles. The van der Waals surface area contributed by atoms with E-state index in [1.54, 1.807) is 0 Å². The molecule has 0 amide bonds. The Morgan fingerprint density at radius 1 is 0.714 bits per heavy atom. The summed E-state index contributed by atoms with van der Waals surface area (Å²) >= 11 is 0. The summed E-state index contributed by atoms with van der Waals surface area (Å²) in [5.41, 5.74) is 2.17. The van der Waals surface area contributed by atoms with Gasteiger partial charge < -0.3 is 22.0 Å². The van der Waals surface area contributed by atoms with Crippen LogP contribution in [0.4, 0.5) is 17.3 Å². The fraction of sp³-hybridized carbons (Fsp3) is 0.667. The summed E-state index contributed by atoms with van der Waals surface area (Å²) in [6, 6.07) is 0. The number of hydrogen-bond acceptors (Lipinski definition) is 3. The molecular formula is C24H36BF4O3P2Rh. The van der Waals surface area contributed by atoms with Gasteiger partial charge in [-0.05, 0) is 74.0 Å². The normalized spacial score (nSPS) is 31.3. The van der Waals surface area contributed by atoms with Crippen molar-refractivity contribution in [3.8, 4) is 0 Å². The molecule has 0 bridgehead atoms. The Hall–Kier alpha value is -0.372. The number of carbonyl (C=O) groups excluding carboxylic acids is 2. The predicted molar refractivity (Wildman–Crippen MR) is 135 cm³/mol. The SMILES string of the molecule is C1=C\CCCC\C=C/1.C[C@@H]1CC[C@@H](C)P1C1=C(P2[C@H](C)CC[C@H]2C)C(=O)OC1=O.F[B-](F)(F)F.[Rh+]. The summed E-state index contributed by atoms with van der Waals surface area (Å²) in [6.45, 7) is 8.96. The van der Waals surface area contributed by atoms with Gasteiger partial charge in [0.25, 0.3) is 0 Å². The van der Waals surface area contributed by atoms with Gasteiger partial charge in [-0.2, -0.15) is 0 Å². The van der Waals surface area contributed by atoms with Crippen molar-refractivity contribution in [2.75, 3.05) is 0 Å². The maximum Gasteiger partial charge on any atom is 1.00 e. The van der Waals surface area contributed by atoms with Crippen LogP contribution in [0.15, 0.2) is 34.9 Å². The van der Waals surface area contributed by atoms with Crippen LogP contribution in [0.5, 0.6) is 0 Å². The second-order valence-electron chi connectivity index (χ2n) is 9.38. The van der Waals surface area contributed by atoms with Crippen LogP contribution in [0.1, 0.15) is 79.1 Å².